The zero-order valence-electron chi connectivity index (χ0n) is 12.7. The molecule has 2 atom stereocenters. The van der Waals surface area contributed by atoms with E-state index < -0.39 is 29.8 Å². The molecule has 1 heterocycles. The maximum Gasteiger partial charge on any atom is 0.435 e. The van der Waals surface area contributed by atoms with Crippen LogP contribution in [0.15, 0.2) is 18.2 Å². The van der Waals surface area contributed by atoms with Gasteiger partial charge in [0.05, 0.1) is 6.57 Å². The van der Waals surface area contributed by atoms with Gasteiger partial charge in [-0.1, -0.05) is 6.92 Å². The van der Waals surface area contributed by atoms with Crippen LogP contribution in [0.5, 0.6) is 11.6 Å². The number of halogens is 5. The number of hydrogen-bond donors (Lipinski definition) is 0. The molecule has 0 spiro atoms. The van der Waals surface area contributed by atoms with Crippen LogP contribution in [0, 0.1) is 12.4 Å². The first-order valence-electron chi connectivity index (χ1n) is 7.17. The van der Waals surface area contributed by atoms with E-state index in [9.17, 15) is 22.0 Å². The van der Waals surface area contributed by atoms with Gasteiger partial charge in [0.2, 0.25) is 5.88 Å². The van der Waals surface area contributed by atoms with E-state index in [1.165, 1.54) is 13.0 Å². The van der Waals surface area contributed by atoms with Crippen molar-refractivity contribution in [1.29, 1.82) is 0 Å². The van der Waals surface area contributed by atoms with Crippen molar-refractivity contribution < 1.29 is 26.7 Å². The Balaban J connectivity index is 2.08. The van der Waals surface area contributed by atoms with E-state index in [0.717, 1.165) is 12.1 Å². The van der Waals surface area contributed by atoms with Crippen molar-refractivity contribution in [3.8, 4) is 11.6 Å². The van der Waals surface area contributed by atoms with Crippen molar-refractivity contribution in [3.63, 3.8) is 0 Å². The third kappa shape index (κ3) is 3.12. The molecule has 1 aliphatic rings. The Labute approximate surface area is 139 Å². The SMILES string of the molecule is [C-]#[N+]c1cc(F)cc(Oc2nnc(C(F)(F)F)c3c2C[C@@H](F)[C@H]3C)c1. The van der Waals surface area contributed by atoms with Crippen LogP contribution in [0.25, 0.3) is 4.85 Å². The summed E-state index contributed by atoms with van der Waals surface area (Å²) in [5, 5.41) is 6.55. The molecular formula is C16H10F5N3O. The number of aromatic nitrogens is 2. The molecule has 25 heavy (non-hydrogen) atoms. The lowest BCUT2D eigenvalue weighted by atomic mass is 10.0. The highest BCUT2D eigenvalue weighted by Crippen LogP contribution is 2.45. The van der Waals surface area contributed by atoms with Crippen molar-refractivity contribution in [2.75, 3.05) is 0 Å². The Morgan fingerprint density at radius 1 is 1.24 bits per heavy atom. The lowest BCUT2D eigenvalue weighted by Crippen LogP contribution is -2.16. The molecule has 1 aromatic heterocycles. The molecule has 1 aromatic carbocycles. The smallest absolute Gasteiger partial charge is 0.435 e. The van der Waals surface area contributed by atoms with E-state index in [-0.39, 0.29) is 34.9 Å². The summed E-state index contributed by atoms with van der Waals surface area (Å²) in [6.07, 6.45) is -6.62. The van der Waals surface area contributed by atoms with Crippen LogP contribution in [0.3, 0.4) is 0 Å². The molecule has 0 radical (unpaired) electrons. The van der Waals surface area contributed by atoms with Gasteiger partial charge >= 0.3 is 6.18 Å². The second-order valence-corrected chi connectivity index (χ2v) is 5.61. The average molecular weight is 355 g/mol. The molecule has 3 rings (SSSR count). The standard InChI is InChI=1S/C16H10F5N3O/c1-7-12(18)6-11-13(7)14(16(19,20)21)23-24-15(11)25-10-4-8(17)3-9(5-10)22-2/h3-5,7,12H,6H2,1H3/t7-,12-/m1/s1. The Morgan fingerprint density at radius 3 is 2.60 bits per heavy atom. The summed E-state index contributed by atoms with van der Waals surface area (Å²) < 4.78 is 72.1. The minimum absolute atomic E-state index is 0.0454. The first-order valence-corrected chi connectivity index (χ1v) is 7.17. The molecule has 0 saturated carbocycles. The molecule has 0 amide bonds. The normalized spacial score (nSPS) is 19.4. The van der Waals surface area contributed by atoms with Crippen molar-refractivity contribution in [1.82, 2.24) is 10.2 Å². The molecule has 130 valence electrons. The summed E-state index contributed by atoms with van der Waals surface area (Å²) in [5.41, 5.74) is -1.64. The van der Waals surface area contributed by atoms with Gasteiger partial charge in [-0.05, 0) is 17.7 Å². The highest BCUT2D eigenvalue weighted by molar-refractivity contribution is 5.52. The number of nitrogens with zero attached hydrogens (tertiary/aromatic N) is 3. The summed E-state index contributed by atoms with van der Waals surface area (Å²) in [4.78, 5) is 3.06. The molecule has 4 nitrogen and oxygen atoms in total. The summed E-state index contributed by atoms with van der Waals surface area (Å²) in [7, 11) is 0. The average Bonchev–Trinajstić information content (AvgIpc) is 2.82. The Morgan fingerprint density at radius 2 is 1.96 bits per heavy atom. The van der Waals surface area contributed by atoms with Crippen molar-refractivity contribution >= 4 is 5.69 Å². The summed E-state index contributed by atoms with van der Waals surface area (Å²) in [6.45, 7) is 8.22. The predicted octanol–water partition coefficient (Wildman–Crippen LogP) is 4.98. The molecule has 0 fully saturated rings. The van der Waals surface area contributed by atoms with Gasteiger partial charge in [0.25, 0.3) is 0 Å². The van der Waals surface area contributed by atoms with E-state index in [0.29, 0.717) is 0 Å². The fraction of sp³-hybridized carbons (Fsp3) is 0.312. The fourth-order valence-electron chi connectivity index (χ4n) is 2.78. The van der Waals surface area contributed by atoms with Gasteiger partial charge in [0, 0.05) is 24.0 Å². The minimum atomic E-state index is -4.77. The van der Waals surface area contributed by atoms with E-state index in [2.05, 4.69) is 15.0 Å². The number of alkyl halides is 4. The topological polar surface area (TPSA) is 39.4 Å². The molecule has 9 heteroatoms. The Hall–Kier alpha value is -2.76. The van der Waals surface area contributed by atoms with Gasteiger partial charge in [-0.3, -0.25) is 0 Å². The predicted molar refractivity (Wildman–Crippen MR) is 76.8 cm³/mol. The molecule has 0 saturated heterocycles. The Kier molecular flexibility index (Phi) is 4.06. The largest absolute Gasteiger partial charge is 0.439 e. The van der Waals surface area contributed by atoms with Crippen molar-refractivity contribution in [2.45, 2.75) is 31.6 Å². The molecule has 0 N–H and O–H groups in total. The van der Waals surface area contributed by atoms with Gasteiger partial charge < -0.3 is 4.74 Å². The van der Waals surface area contributed by atoms with E-state index in [4.69, 9.17) is 11.3 Å². The summed E-state index contributed by atoms with van der Waals surface area (Å²) in [6, 6.07) is 3.13. The van der Waals surface area contributed by atoms with Crippen LogP contribution in [-0.2, 0) is 12.6 Å². The number of rotatable bonds is 2. The van der Waals surface area contributed by atoms with Gasteiger partial charge in [-0.2, -0.15) is 13.2 Å². The number of fused-ring (bicyclic) bond motifs is 1. The second kappa shape index (κ2) is 5.95. The van der Waals surface area contributed by atoms with Gasteiger partial charge in [-0.25, -0.2) is 13.6 Å². The zero-order valence-corrected chi connectivity index (χ0v) is 12.7. The van der Waals surface area contributed by atoms with Crippen LogP contribution in [0.4, 0.5) is 27.6 Å². The summed E-state index contributed by atoms with van der Waals surface area (Å²) in [5.74, 6) is -2.22. The van der Waals surface area contributed by atoms with Crippen LogP contribution < -0.4 is 4.74 Å². The lowest BCUT2D eigenvalue weighted by Gasteiger charge is -2.15. The zero-order chi connectivity index (χ0) is 18.4. The third-order valence-corrected chi connectivity index (χ3v) is 3.94. The lowest BCUT2D eigenvalue weighted by molar-refractivity contribution is -0.142. The quantitative estimate of drug-likeness (QED) is 0.564. The molecule has 1 aliphatic carbocycles. The number of ether oxygens (including phenoxy) is 1. The molecular weight excluding hydrogens is 345 g/mol. The number of benzene rings is 1. The highest BCUT2D eigenvalue weighted by atomic mass is 19.4. The minimum Gasteiger partial charge on any atom is -0.439 e. The summed E-state index contributed by atoms with van der Waals surface area (Å²) >= 11 is 0. The number of hydrogen-bond acceptors (Lipinski definition) is 3. The van der Waals surface area contributed by atoms with Crippen LogP contribution in [0.1, 0.15) is 29.7 Å². The first-order chi connectivity index (χ1) is 11.7. The Bertz CT molecular complexity index is 875. The van der Waals surface area contributed by atoms with Crippen molar-refractivity contribution in [2.24, 2.45) is 0 Å². The van der Waals surface area contributed by atoms with Crippen LogP contribution in [-0.4, -0.2) is 16.4 Å². The van der Waals surface area contributed by atoms with E-state index in [1.807, 2.05) is 0 Å². The van der Waals surface area contributed by atoms with Gasteiger partial charge in [0.1, 0.15) is 17.7 Å². The van der Waals surface area contributed by atoms with Crippen molar-refractivity contribution in [3.05, 3.63) is 52.3 Å². The second-order valence-electron chi connectivity index (χ2n) is 5.61. The van der Waals surface area contributed by atoms with E-state index >= 15 is 0 Å². The van der Waals surface area contributed by atoms with Crippen LogP contribution in [0.2, 0.25) is 0 Å². The van der Waals surface area contributed by atoms with Crippen LogP contribution >= 0.6 is 0 Å². The molecule has 2 aromatic rings. The fourth-order valence-corrected chi connectivity index (χ4v) is 2.78. The molecule has 0 bridgehead atoms. The molecule has 0 aliphatic heterocycles. The molecule has 0 unspecified atom stereocenters. The van der Waals surface area contributed by atoms with Gasteiger partial charge in [0.15, 0.2) is 11.4 Å². The van der Waals surface area contributed by atoms with Gasteiger partial charge in [-0.15, -0.1) is 10.2 Å². The maximum atomic E-state index is 14.0. The maximum absolute atomic E-state index is 14.0. The highest BCUT2D eigenvalue weighted by Gasteiger charge is 2.44. The monoisotopic (exact) mass is 355 g/mol. The first kappa shape index (κ1) is 17.1. The third-order valence-electron chi connectivity index (χ3n) is 3.94. The van der Waals surface area contributed by atoms with E-state index in [1.54, 1.807) is 0 Å².